The van der Waals surface area contributed by atoms with E-state index in [0.717, 1.165) is 18.2 Å². The topological polar surface area (TPSA) is 21.1 Å². The number of hydrogen-bond acceptors (Lipinski definition) is 2. The molecule has 0 saturated heterocycles. The van der Waals surface area contributed by atoms with Crippen LogP contribution in [0.3, 0.4) is 0 Å². The van der Waals surface area contributed by atoms with Gasteiger partial charge in [-0.2, -0.15) is 0 Å². The van der Waals surface area contributed by atoms with Gasteiger partial charge in [-0.3, -0.25) is 4.57 Å². The van der Waals surface area contributed by atoms with Gasteiger partial charge < -0.3 is 4.90 Å². The van der Waals surface area contributed by atoms with Crippen molar-refractivity contribution in [1.29, 1.82) is 0 Å². The smallest absolute Gasteiger partial charge is 0.215 e. The molecular weight excluding hydrogens is 387 g/mol. The first-order valence-electron chi connectivity index (χ1n) is 9.85. The molecule has 0 atom stereocenters. The average molecular weight is 413 g/mol. The highest BCUT2D eigenvalue weighted by Gasteiger charge is 2.24. The summed E-state index contributed by atoms with van der Waals surface area (Å²) in [7, 11) is 1.82. The van der Waals surface area contributed by atoms with Crippen molar-refractivity contribution in [3.63, 3.8) is 0 Å². The van der Waals surface area contributed by atoms with Crippen LogP contribution in [-0.4, -0.2) is 16.6 Å². The number of allylic oxidation sites excluding steroid dienone is 1. The van der Waals surface area contributed by atoms with E-state index in [-0.39, 0.29) is 11.1 Å². The van der Waals surface area contributed by atoms with E-state index in [1.807, 2.05) is 11.9 Å². The van der Waals surface area contributed by atoms with Gasteiger partial charge in [0.1, 0.15) is 18.3 Å². The number of nitrogens with zero attached hydrogens (tertiary/aromatic N) is 3. The van der Waals surface area contributed by atoms with Crippen LogP contribution >= 0.6 is 0 Å². The van der Waals surface area contributed by atoms with Crippen LogP contribution in [0.5, 0.6) is 0 Å². The van der Waals surface area contributed by atoms with E-state index < -0.39 is 18.3 Å². The van der Waals surface area contributed by atoms with E-state index in [4.69, 9.17) is 0 Å². The number of fused-ring (bicyclic) bond motifs is 1. The van der Waals surface area contributed by atoms with Gasteiger partial charge >= 0.3 is 0 Å². The van der Waals surface area contributed by atoms with Gasteiger partial charge in [-0.25, -0.2) is 18.2 Å². The van der Waals surface area contributed by atoms with E-state index in [1.165, 1.54) is 12.1 Å². The molecule has 0 spiro atoms. The molecule has 3 aromatic rings. The van der Waals surface area contributed by atoms with Crippen molar-refractivity contribution in [3.05, 3.63) is 71.6 Å². The number of benzene rings is 2. The third-order valence-electron chi connectivity index (χ3n) is 5.47. The molecule has 0 unspecified atom stereocenters. The molecule has 1 heterocycles. The summed E-state index contributed by atoms with van der Waals surface area (Å²) in [5.74, 6) is -0.952. The Morgan fingerprint density at radius 3 is 2.40 bits per heavy atom. The Kier molecular flexibility index (Phi) is 6.09. The second-order valence-corrected chi connectivity index (χ2v) is 8.21. The van der Waals surface area contributed by atoms with E-state index in [0.29, 0.717) is 29.0 Å². The minimum absolute atomic E-state index is 0.0114. The minimum Gasteiger partial charge on any atom is -0.311 e. The molecule has 0 amide bonds. The van der Waals surface area contributed by atoms with Gasteiger partial charge in [0.15, 0.2) is 0 Å². The first kappa shape index (κ1) is 21.7. The molecule has 0 radical (unpaired) electrons. The van der Waals surface area contributed by atoms with Gasteiger partial charge in [0.2, 0.25) is 5.95 Å². The summed E-state index contributed by atoms with van der Waals surface area (Å²) in [4.78, 5) is 6.50. The molecule has 158 valence electrons. The zero-order valence-corrected chi connectivity index (χ0v) is 17.8. The summed E-state index contributed by atoms with van der Waals surface area (Å²) in [6.07, 6.45) is 1.65. The van der Waals surface area contributed by atoms with Crippen LogP contribution in [0.1, 0.15) is 39.2 Å². The lowest BCUT2D eigenvalue weighted by Gasteiger charge is -2.28. The van der Waals surface area contributed by atoms with E-state index in [1.54, 1.807) is 22.8 Å². The summed E-state index contributed by atoms with van der Waals surface area (Å²) >= 11 is 0. The van der Waals surface area contributed by atoms with E-state index in [2.05, 4.69) is 38.1 Å². The second-order valence-electron chi connectivity index (χ2n) is 8.21. The maximum Gasteiger partial charge on any atom is 0.215 e. The minimum atomic E-state index is -0.700. The fourth-order valence-corrected chi connectivity index (χ4v) is 3.34. The quantitative estimate of drug-likeness (QED) is 0.402. The highest BCUT2D eigenvalue weighted by atomic mass is 19.1. The summed E-state index contributed by atoms with van der Waals surface area (Å²) in [6.45, 7) is 9.60. The average Bonchev–Trinajstić information content (AvgIpc) is 3.09. The largest absolute Gasteiger partial charge is 0.311 e. The predicted octanol–water partition coefficient (Wildman–Crippen LogP) is 6.70. The number of imidazole rings is 1. The Morgan fingerprint density at radius 1 is 1.17 bits per heavy atom. The standard InChI is InChI=1S/C24H26F3N3/c1-6-19(14-24(3,4)7-2)29(5)23-28-21-9-8-16(15-25)10-22(21)30(23)20-12-17(26)11-18(27)13-20/h8-13H,1,7,14-15H2,2-5H3. The Balaban J connectivity index is 2.24. The highest BCUT2D eigenvalue weighted by molar-refractivity contribution is 5.82. The number of alkyl halides is 1. The van der Waals surface area contributed by atoms with Crippen molar-refractivity contribution >= 4 is 17.0 Å². The van der Waals surface area contributed by atoms with Gasteiger partial charge in [0, 0.05) is 19.5 Å². The zero-order valence-electron chi connectivity index (χ0n) is 17.8. The van der Waals surface area contributed by atoms with E-state index in [9.17, 15) is 13.2 Å². The van der Waals surface area contributed by atoms with Gasteiger partial charge in [0.05, 0.1) is 22.4 Å². The van der Waals surface area contributed by atoms with Crippen molar-refractivity contribution in [1.82, 2.24) is 9.55 Å². The molecule has 0 aliphatic rings. The van der Waals surface area contributed by atoms with Crippen LogP contribution in [-0.2, 0) is 6.67 Å². The van der Waals surface area contributed by atoms with Crippen LogP contribution in [0, 0.1) is 17.0 Å². The third-order valence-corrected chi connectivity index (χ3v) is 5.47. The lowest BCUT2D eigenvalue weighted by atomic mass is 9.85. The number of anilines is 1. The molecule has 0 fully saturated rings. The van der Waals surface area contributed by atoms with Crippen LogP contribution in [0.4, 0.5) is 19.1 Å². The summed E-state index contributed by atoms with van der Waals surface area (Å²) in [6, 6.07) is 8.29. The number of hydrogen-bond donors (Lipinski definition) is 0. The highest BCUT2D eigenvalue weighted by Crippen LogP contribution is 2.34. The molecule has 3 rings (SSSR count). The monoisotopic (exact) mass is 413 g/mol. The molecule has 0 aliphatic carbocycles. The fraction of sp³-hybridized carbons (Fsp3) is 0.333. The molecule has 0 bridgehead atoms. The van der Waals surface area contributed by atoms with Crippen molar-refractivity contribution in [2.24, 2.45) is 5.41 Å². The second kappa shape index (κ2) is 8.41. The molecule has 6 heteroatoms. The Bertz CT molecular complexity index is 1100. The van der Waals surface area contributed by atoms with Crippen LogP contribution in [0.2, 0.25) is 0 Å². The van der Waals surface area contributed by atoms with Crippen molar-refractivity contribution in [2.75, 3.05) is 11.9 Å². The van der Waals surface area contributed by atoms with Crippen molar-refractivity contribution < 1.29 is 13.2 Å². The normalized spacial score (nSPS) is 11.6. The molecule has 0 saturated carbocycles. The number of rotatable bonds is 7. The lowest BCUT2D eigenvalue weighted by Crippen LogP contribution is -2.24. The Labute approximate surface area is 175 Å². The van der Waals surface area contributed by atoms with Crippen molar-refractivity contribution in [2.45, 2.75) is 40.3 Å². The number of aromatic nitrogens is 2. The molecule has 2 aromatic carbocycles. The van der Waals surface area contributed by atoms with Crippen LogP contribution in [0.15, 0.2) is 54.4 Å². The van der Waals surface area contributed by atoms with Gasteiger partial charge in [-0.1, -0.05) is 39.8 Å². The van der Waals surface area contributed by atoms with E-state index >= 15 is 0 Å². The lowest BCUT2D eigenvalue weighted by molar-refractivity contribution is 0.345. The van der Waals surface area contributed by atoms with Crippen LogP contribution < -0.4 is 4.90 Å². The molecule has 30 heavy (non-hydrogen) atoms. The SMILES string of the molecule is C=C=C(CC(C)(C)CC)N(C)c1nc2ccc(CF)cc2n1-c1cc(F)cc(F)c1. The molecule has 0 N–H and O–H groups in total. The molecule has 3 nitrogen and oxygen atoms in total. The maximum atomic E-state index is 14.0. The van der Waals surface area contributed by atoms with Gasteiger partial charge in [-0.05, 0) is 35.2 Å². The van der Waals surface area contributed by atoms with Crippen LogP contribution in [0.25, 0.3) is 16.7 Å². The van der Waals surface area contributed by atoms with Gasteiger partial charge in [-0.15, -0.1) is 5.73 Å². The zero-order chi connectivity index (χ0) is 22.1. The van der Waals surface area contributed by atoms with Gasteiger partial charge in [0.25, 0.3) is 0 Å². The third kappa shape index (κ3) is 4.29. The Hall–Kier alpha value is -2.98. The fourth-order valence-electron chi connectivity index (χ4n) is 3.34. The molecule has 0 aliphatic heterocycles. The molecule has 1 aromatic heterocycles. The predicted molar refractivity (Wildman–Crippen MR) is 116 cm³/mol. The summed E-state index contributed by atoms with van der Waals surface area (Å²) in [5.41, 5.74) is 5.70. The first-order chi connectivity index (χ1) is 14.2. The summed E-state index contributed by atoms with van der Waals surface area (Å²) < 4.78 is 43.0. The summed E-state index contributed by atoms with van der Waals surface area (Å²) in [5, 5.41) is 0. The first-order valence-corrected chi connectivity index (χ1v) is 9.85. The van der Waals surface area contributed by atoms with Crippen molar-refractivity contribution in [3.8, 4) is 5.69 Å². The Morgan fingerprint density at radius 2 is 1.83 bits per heavy atom. The maximum absolute atomic E-state index is 14.0. The number of halogens is 3. The molecular formula is C24H26F3N3.